The molecule has 0 aliphatic carbocycles. The van der Waals surface area contributed by atoms with E-state index < -0.39 is 0 Å². The number of halogens is 1. The van der Waals surface area contributed by atoms with Gasteiger partial charge in [0.2, 0.25) is 5.91 Å². The van der Waals surface area contributed by atoms with E-state index >= 15 is 0 Å². The lowest BCUT2D eigenvalue weighted by Crippen LogP contribution is -2.28. The Balaban J connectivity index is 1.87. The van der Waals surface area contributed by atoms with Crippen LogP contribution in [0.15, 0.2) is 42.5 Å². The van der Waals surface area contributed by atoms with Gasteiger partial charge in [0.1, 0.15) is 0 Å². The second-order valence-corrected chi connectivity index (χ2v) is 6.67. The lowest BCUT2D eigenvalue weighted by molar-refractivity contribution is -0.116. The summed E-state index contributed by atoms with van der Waals surface area (Å²) < 4.78 is 0. The summed E-state index contributed by atoms with van der Waals surface area (Å²) in [5, 5.41) is 5.70. The summed E-state index contributed by atoms with van der Waals surface area (Å²) in [6.07, 6.45) is 0.119. The van der Waals surface area contributed by atoms with Gasteiger partial charge in [0.15, 0.2) is 0 Å². The van der Waals surface area contributed by atoms with E-state index in [9.17, 15) is 14.4 Å². The van der Waals surface area contributed by atoms with Gasteiger partial charge in [-0.3, -0.25) is 14.4 Å². The molecule has 0 aliphatic rings. The van der Waals surface area contributed by atoms with E-state index in [-0.39, 0.29) is 35.7 Å². The number of rotatable bonds is 6. The minimum atomic E-state index is -0.261. The van der Waals surface area contributed by atoms with Gasteiger partial charge in [-0.15, -0.1) is 0 Å². The van der Waals surface area contributed by atoms with E-state index in [4.69, 9.17) is 11.6 Å². The summed E-state index contributed by atoms with van der Waals surface area (Å²) in [6, 6.07) is 12.0. The molecule has 0 fully saturated rings. The second kappa shape index (κ2) is 9.19. The highest BCUT2D eigenvalue weighted by molar-refractivity contribution is 6.34. The maximum Gasteiger partial charge on any atom is 0.254 e. The molecular formula is C20H22ClN3O3. The van der Waals surface area contributed by atoms with Crippen LogP contribution in [0.1, 0.15) is 32.7 Å². The van der Waals surface area contributed by atoms with Crippen molar-refractivity contribution in [1.82, 2.24) is 10.2 Å². The third-order valence-corrected chi connectivity index (χ3v) is 4.23. The molecule has 0 aliphatic heterocycles. The number of amides is 3. The fraction of sp³-hybridized carbons (Fsp3) is 0.250. The van der Waals surface area contributed by atoms with E-state index in [1.54, 1.807) is 38.4 Å². The minimum absolute atomic E-state index is 0.119. The molecule has 2 rings (SSSR count). The second-order valence-electron chi connectivity index (χ2n) is 6.26. The van der Waals surface area contributed by atoms with E-state index in [1.807, 2.05) is 19.1 Å². The minimum Gasteiger partial charge on any atom is -0.352 e. The monoisotopic (exact) mass is 387 g/mol. The smallest absolute Gasteiger partial charge is 0.254 e. The first-order chi connectivity index (χ1) is 12.8. The topological polar surface area (TPSA) is 78.5 Å². The molecule has 0 aromatic heterocycles. The van der Waals surface area contributed by atoms with Crippen LogP contribution in [-0.2, 0) is 4.79 Å². The zero-order chi connectivity index (χ0) is 20.0. The summed E-state index contributed by atoms with van der Waals surface area (Å²) in [5.41, 5.74) is 2.32. The molecule has 0 heterocycles. The molecule has 27 heavy (non-hydrogen) atoms. The van der Waals surface area contributed by atoms with E-state index in [0.29, 0.717) is 16.8 Å². The van der Waals surface area contributed by atoms with Crippen LogP contribution in [0.3, 0.4) is 0 Å². The number of nitrogens with one attached hydrogen (secondary N) is 2. The summed E-state index contributed by atoms with van der Waals surface area (Å²) in [7, 11) is 3.28. The van der Waals surface area contributed by atoms with Crippen molar-refractivity contribution in [2.75, 3.05) is 26.0 Å². The van der Waals surface area contributed by atoms with Crippen molar-refractivity contribution in [3.63, 3.8) is 0 Å². The molecule has 0 bridgehead atoms. The SMILES string of the molecule is Cc1ccccc1C(=O)NCCC(=O)Nc1ccc(C(=O)N(C)C)c(Cl)c1. The molecule has 0 saturated carbocycles. The number of aryl methyl sites for hydroxylation is 1. The van der Waals surface area contributed by atoms with Gasteiger partial charge in [0.25, 0.3) is 11.8 Å². The van der Waals surface area contributed by atoms with Gasteiger partial charge in [0, 0.05) is 38.3 Å². The van der Waals surface area contributed by atoms with Crippen LogP contribution < -0.4 is 10.6 Å². The van der Waals surface area contributed by atoms with E-state index in [0.717, 1.165) is 5.56 Å². The van der Waals surface area contributed by atoms with Gasteiger partial charge in [-0.25, -0.2) is 0 Å². The van der Waals surface area contributed by atoms with Gasteiger partial charge in [-0.2, -0.15) is 0 Å². The fourth-order valence-electron chi connectivity index (χ4n) is 2.44. The molecule has 0 radical (unpaired) electrons. The molecule has 0 atom stereocenters. The molecule has 0 unspecified atom stereocenters. The van der Waals surface area contributed by atoms with Gasteiger partial charge in [-0.1, -0.05) is 29.8 Å². The van der Waals surface area contributed by atoms with Crippen LogP contribution in [0.2, 0.25) is 5.02 Å². The number of carbonyl (C=O) groups excluding carboxylic acids is 3. The summed E-state index contributed by atoms with van der Waals surface area (Å²) in [6.45, 7) is 2.07. The molecule has 0 saturated heterocycles. The highest BCUT2D eigenvalue weighted by Gasteiger charge is 2.14. The number of hydrogen-bond acceptors (Lipinski definition) is 3. The third-order valence-electron chi connectivity index (χ3n) is 3.92. The number of hydrogen-bond donors (Lipinski definition) is 2. The number of nitrogens with zero attached hydrogens (tertiary/aromatic N) is 1. The van der Waals surface area contributed by atoms with Crippen LogP contribution in [0.25, 0.3) is 0 Å². The Hall–Kier alpha value is -2.86. The average molecular weight is 388 g/mol. The molecule has 2 aromatic carbocycles. The van der Waals surface area contributed by atoms with Crippen molar-refractivity contribution in [1.29, 1.82) is 0 Å². The van der Waals surface area contributed by atoms with Crippen molar-refractivity contribution in [3.05, 3.63) is 64.2 Å². The normalized spacial score (nSPS) is 10.2. The summed E-state index contributed by atoms with van der Waals surface area (Å²) in [5.74, 6) is -0.685. The predicted octanol–water partition coefficient (Wildman–Crippen LogP) is 3.11. The number of benzene rings is 2. The highest BCUT2D eigenvalue weighted by atomic mass is 35.5. The molecule has 7 heteroatoms. The van der Waals surface area contributed by atoms with Crippen molar-refractivity contribution < 1.29 is 14.4 Å². The van der Waals surface area contributed by atoms with Crippen molar-refractivity contribution in [2.45, 2.75) is 13.3 Å². The van der Waals surface area contributed by atoms with Gasteiger partial charge < -0.3 is 15.5 Å². The number of carbonyl (C=O) groups is 3. The molecule has 6 nitrogen and oxygen atoms in total. The van der Waals surface area contributed by atoms with Crippen molar-refractivity contribution in [3.8, 4) is 0 Å². The highest BCUT2D eigenvalue weighted by Crippen LogP contribution is 2.22. The van der Waals surface area contributed by atoms with Crippen LogP contribution in [0.4, 0.5) is 5.69 Å². The Labute approximate surface area is 163 Å². The van der Waals surface area contributed by atoms with Crippen LogP contribution in [-0.4, -0.2) is 43.3 Å². The lowest BCUT2D eigenvalue weighted by Gasteiger charge is -2.13. The zero-order valence-electron chi connectivity index (χ0n) is 15.5. The predicted molar refractivity (Wildman–Crippen MR) is 106 cm³/mol. The Morgan fingerprint density at radius 2 is 1.74 bits per heavy atom. The van der Waals surface area contributed by atoms with E-state index in [1.165, 1.54) is 11.0 Å². The van der Waals surface area contributed by atoms with Gasteiger partial charge in [-0.05, 0) is 36.8 Å². The summed E-state index contributed by atoms with van der Waals surface area (Å²) in [4.78, 5) is 37.6. The quantitative estimate of drug-likeness (QED) is 0.799. The first-order valence-corrected chi connectivity index (χ1v) is 8.82. The maximum atomic E-state index is 12.1. The largest absolute Gasteiger partial charge is 0.352 e. The standard InChI is InChI=1S/C20H22ClN3O3/c1-13-6-4-5-7-15(13)19(26)22-11-10-18(25)23-14-8-9-16(17(21)12-14)20(27)24(2)3/h4-9,12H,10-11H2,1-3H3,(H,22,26)(H,23,25). The van der Waals surface area contributed by atoms with Gasteiger partial charge >= 0.3 is 0 Å². The molecule has 0 spiro atoms. The Morgan fingerprint density at radius 3 is 2.37 bits per heavy atom. The fourth-order valence-corrected chi connectivity index (χ4v) is 2.70. The Bertz CT molecular complexity index is 865. The number of anilines is 1. The van der Waals surface area contributed by atoms with Crippen LogP contribution in [0, 0.1) is 6.92 Å². The third kappa shape index (κ3) is 5.56. The van der Waals surface area contributed by atoms with Crippen LogP contribution >= 0.6 is 11.6 Å². The Kier molecular flexibility index (Phi) is 6.96. The maximum absolute atomic E-state index is 12.1. The molecule has 2 N–H and O–H groups in total. The molecule has 2 aromatic rings. The van der Waals surface area contributed by atoms with Crippen molar-refractivity contribution in [2.24, 2.45) is 0 Å². The summed E-state index contributed by atoms with van der Waals surface area (Å²) >= 11 is 6.12. The molecular weight excluding hydrogens is 366 g/mol. The van der Waals surface area contributed by atoms with Crippen LogP contribution in [0.5, 0.6) is 0 Å². The molecule has 142 valence electrons. The molecule has 3 amide bonds. The van der Waals surface area contributed by atoms with Crippen molar-refractivity contribution >= 4 is 35.0 Å². The first-order valence-electron chi connectivity index (χ1n) is 8.44. The average Bonchev–Trinajstić information content (AvgIpc) is 2.61. The first kappa shape index (κ1) is 20.5. The van der Waals surface area contributed by atoms with Gasteiger partial charge in [0.05, 0.1) is 10.6 Å². The Morgan fingerprint density at radius 1 is 1.04 bits per heavy atom. The zero-order valence-corrected chi connectivity index (χ0v) is 16.3. The lowest BCUT2D eigenvalue weighted by atomic mass is 10.1. The van der Waals surface area contributed by atoms with E-state index in [2.05, 4.69) is 10.6 Å².